The molecule has 0 bridgehead atoms. The predicted molar refractivity (Wildman–Crippen MR) is 89.7 cm³/mol. The zero-order chi connectivity index (χ0) is 17.9. The molecule has 1 aromatic heterocycles. The summed E-state index contributed by atoms with van der Waals surface area (Å²) < 4.78 is 6.67. The zero-order valence-electron chi connectivity index (χ0n) is 14.7. The van der Waals surface area contributed by atoms with Crippen LogP contribution < -0.4 is 5.73 Å². The van der Waals surface area contributed by atoms with Crippen LogP contribution in [0, 0.1) is 5.41 Å². The molecule has 3 rings (SSSR count). The van der Waals surface area contributed by atoms with Crippen molar-refractivity contribution in [2.45, 2.75) is 25.8 Å². The van der Waals surface area contributed by atoms with E-state index in [9.17, 15) is 9.59 Å². The summed E-state index contributed by atoms with van der Waals surface area (Å²) in [5, 5.41) is 7.85. The number of carbonyl (C=O) groups is 2. The average molecular weight is 350 g/mol. The number of ether oxygens (including phenoxy) is 1. The molecule has 138 valence electrons. The maximum atomic E-state index is 12.9. The van der Waals surface area contributed by atoms with E-state index in [-0.39, 0.29) is 11.8 Å². The molecule has 2 N–H and O–H groups in total. The second-order valence-corrected chi connectivity index (χ2v) is 6.80. The van der Waals surface area contributed by atoms with Gasteiger partial charge in [0, 0.05) is 39.8 Å². The highest BCUT2D eigenvalue weighted by atomic mass is 16.5. The zero-order valence-corrected chi connectivity index (χ0v) is 14.7. The van der Waals surface area contributed by atoms with Crippen molar-refractivity contribution in [1.82, 2.24) is 24.8 Å². The maximum absolute atomic E-state index is 12.9. The molecular weight excluding hydrogens is 324 g/mol. The van der Waals surface area contributed by atoms with E-state index in [1.165, 1.54) is 0 Å². The Kier molecular flexibility index (Phi) is 5.33. The fraction of sp³-hybridized carbons (Fsp3) is 0.750. The van der Waals surface area contributed by atoms with Crippen LogP contribution in [0.25, 0.3) is 0 Å². The van der Waals surface area contributed by atoms with Gasteiger partial charge in [0.2, 0.25) is 5.91 Å². The Bertz CT molecular complexity index is 633. The molecule has 2 fully saturated rings. The Hall–Kier alpha value is -2.00. The molecule has 25 heavy (non-hydrogen) atoms. The Labute approximate surface area is 147 Å². The SMILES string of the molecule is COCCN1CCC[C@@]2(CCN(C(=O)c3cn(CCN)nn3)C2)C1=O. The number of likely N-dealkylation sites (tertiary alicyclic amines) is 2. The van der Waals surface area contributed by atoms with E-state index >= 15 is 0 Å². The van der Waals surface area contributed by atoms with Gasteiger partial charge in [0.1, 0.15) is 0 Å². The topological polar surface area (TPSA) is 107 Å². The molecule has 0 aromatic carbocycles. The van der Waals surface area contributed by atoms with Gasteiger partial charge in [0.25, 0.3) is 5.91 Å². The molecule has 1 spiro atoms. The Morgan fingerprint density at radius 3 is 2.96 bits per heavy atom. The molecule has 1 aromatic rings. The van der Waals surface area contributed by atoms with E-state index in [2.05, 4.69) is 10.3 Å². The molecule has 2 amide bonds. The molecule has 9 heteroatoms. The van der Waals surface area contributed by atoms with E-state index in [1.807, 2.05) is 4.90 Å². The van der Waals surface area contributed by atoms with Gasteiger partial charge in [-0.2, -0.15) is 0 Å². The third-order valence-corrected chi connectivity index (χ3v) is 5.15. The van der Waals surface area contributed by atoms with Crippen LogP contribution in [0.3, 0.4) is 0 Å². The first-order chi connectivity index (χ1) is 12.1. The number of nitrogens with two attached hydrogens (primary N) is 1. The van der Waals surface area contributed by atoms with Crippen molar-refractivity contribution in [3.63, 3.8) is 0 Å². The molecular formula is C16H26N6O3. The minimum atomic E-state index is -0.449. The quantitative estimate of drug-likeness (QED) is 0.730. The van der Waals surface area contributed by atoms with Crippen molar-refractivity contribution in [1.29, 1.82) is 0 Å². The predicted octanol–water partition coefficient (Wildman–Crippen LogP) is -0.662. The summed E-state index contributed by atoms with van der Waals surface area (Å²) in [6, 6.07) is 0. The number of piperidine rings is 1. The largest absolute Gasteiger partial charge is 0.383 e. The first kappa shape index (κ1) is 17.8. The fourth-order valence-corrected chi connectivity index (χ4v) is 3.79. The standard InChI is InChI=1S/C16H26N6O3/c1-25-10-9-20-6-2-3-16(15(20)24)4-7-21(12-16)14(23)13-11-22(8-5-17)19-18-13/h11H,2-10,12,17H2,1H3/t16-/m0/s1. The summed E-state index contributed by atoms with van der Waals surface area (Å²) in [4.78, 5) is 29.2. The van der Waals surface area contributed by atoms with Gasteiger partial charge in [0.15, 0.2) is 5.69 Å². The highest BCUT2D eigenvalue weighted by Crippen LogP contribution is 2.40. The van der Waals surface area contributed by atoms with Crippen molar-refractivity contribution < 1.29 is 14.3 Å². The summed E-state index contributed by atoms with van der Waals surface area (Å²) in [6.07, 6.45) is 4.12. The number of amides is 2. The Morgan fingerprint density at radius 2 is 2.20 bits per heavy atom. The van der Waals surface area contributed by atoms with Gasteiger partial charge < -0.3 is 20.3 Å². The van der Waals surface area contributed by atoms with Gasteiger partial charge >= 0.3 is 0 Å². The van der Waals surface area contributed by atoms with Crippen molar-refractivity contribution in [2.75, 3.05) is 46.4 Å². The Balaban J connectivity index is 1.67. The number of methoxy groups -OCH3 is 1. The van der Waals surface area contributed by atoms with Crippen molar-refractivity contribution in [2.24, 2.45) is 11.1 Å². The summed E-state index contributed by atoms with van der Waals surface area (Å²) in [7, 11) is 1.64. The van der Waals surface area contributed by atoms with E-state index in [0.29, 0.717) is 51.4 Å². The van der Waals surface area contributed by atoms with Crippen LogP contribution in [0.1, 0.15) is 29.8 Å². The highest BCUT2D eigenvalue weighted by Gasteiger charge is 2.49. The molecule has 1 atom stereocenters. The van der Waals surface area contributed by atoms with E-state index in [4.69, 9.17) is 10.5 Å². The van der Waals surface area contributed by atoms with Crippen molar-refractivity contribution >= 4 is 11.8 Å². The molecule has 2 aliphatic rings. The number of nitrogens with zero attached hydrogens (tertiary/aromatic N) is 5. The lowest BCUT2D eigenvalue weighted by Gasteiger charge is -2.39. The summed E-state index contributed by atoms with van der Waals surface area (Å²) >= 11 is 0. The Morgan fingerprint density at radius 1 is 1.36 bits per heavy atom. The molecule has 0 saturated carbocycles. The molecule has 0 radical (unpaired) electrons. The third-order valence-electron chi connectivity index (χ3n) is 5.15. The van der Waals surface area contributed by atoms with Gasteiger partial charge in [-0.1, -0.05) is 5.21 Å². The lowest BCUT2D eigenvalue weighted by Crippen LogP contribution is -2.51. The van der Waals surface area contributed by atoms with E-state index in [0.717, 1.165) is 19.4 Å². The van der Waals surface area contributed by atoms with Gasteiger partial charge in [-0.05, 0) is 19.3 Å². The number of carbonyl (C=O) groups excluding carboxylic acids is 2. The van der Waals surface area contributed by atoms with Crippen LogP contribution in [0.2, 0.25) is 0 Å². The van der Waals surface area contributed by atoms with Gasteiger partial charge in [0.05, 0.1) is 24.8 Å². The minimum absolute atomic E-state index is 0.151. The molecule has 2 saturated heterocycles. The van der Waals surface area contributed by atoms with Crippen LogP contribution in [0.15, 0.2) is 6.20 Å². The van der Waals surface area contributed by atoms with Gasteiger partial charge in [-0.3, -0.25) is 14.3 Å². The third kappa shape index (κ3) is 3.52. The molecule has 9 nitrogen and oxygen atoms in total. The number of rotatable bonds is 6. The van der Waals surface area contributed by atoms with Crippen molar-refractivity contribution in [3.05, 3.63) is 11.9 Å². The van der Waals surface area contributed by atoms with Gasteiger partial charge in [-0.15, -0.1) is 5.10 Å². The number of aromatic nitrogens is 3. The van der Waals surface area contributed by atoms with E-state index < -0.39 is 5.41 Å². The molecule has 0 unspecified atom stereocenters. The summed E-state index contributed by atoms with van der Waals surface area (Å²) in [6.45, 7) is 3.91. The second-order valence-electron chi connectivity index (χ2n) is 6.80. The van der Waals surface area contributed by atoms with Crippen LogP contribution in [0.5, 0.6) is 0 Å². The first-order valence-electron chi connectivity index (χ1n) is 8.77. The fourth-order valence-electron chi connectivity index (χ4n) is 3.79. The molecule has 0 aliphatic carbocycles. The summed E-state index contributed by atoms with van der Waals surface area (Å²) in [5.74, 6) is -0.0140. The highest BCUT2D eigenvalue weighted by molar-refractivity contribution is 5.93. The summed E-state index contributed by atoms with van der Waals surface area (Å²) in [5.41, 5.74) is 5.35. The van der Waals surface area contributed by atoms with Crippen molar-refractivity contribution in [3.8, 4) is 0 Å². The molecule has 2 aliphatic heterocycles. The lowest BCUT2D eigenvalue weighted by molar-refractivity contribution is -0.146. The minimum Gasteiger partial charge on any atom is -0.383 e. The second kappa shape index (κ2) is 7.49. The average Bonchev–Trinajstić information content (AvgIpc) is 3.24. The lowest BCUT2D eigenvalue weighted by atomic mass is 9.78. The number of hydrogen-bond donors (Lipinski definition) is 1. The number of hydrogen-bond acceptors (Lipinski definition) is 6. The van der Waals surface area contributed by atoms with Gasteiger partial charge in [-0.25, -0.2) is 0 Å². The first-order valence-corrected chi connectivity index (χ1v) is 8.77. The monoisotopic (exact) mass is 350 g/mol. The normalized spacial score (nSPS) is 23.7. The maximum Gasteiger partial charge on any atom is 0.276 e. The van der Waals surface area contributed by atoms with Crippen LogP contribution in [0.4, 0.5) is 0 Å². The van der Waals surface area contributed by atoms with Crippen LogP contribution in [-0.2, 0) is 16.1 Å². The van der Waals surface area contributed by atoms with E-state index in [1.54, 1.807) is 22.9 Å². The van der Waals surface area contributed by atoms with Crippen LogP contribution in [-0.4, -0.2) is 83.0 Å². The molecule has 3 heterocycles. The van der Waals surface area contributed by atoms with Crippen LogP contribution >= 0.6 is 0 Å². The smallest absolute Gasteiger partial charge is 0.276 e.